The van der Waals surface area contributed by atoms with Gasteiger partial charge in [0.2, 0.25) is 0 Å². The number of aryl methyl sites for hydroxylation is 1. The number of carbonyl (C=O) groups is 1. The van der Waals surface area contributed by atoms with Crippen LogP contribution in [0.1, 0.15) is 22.3 Å². The molecule has 0 amide bonds. The van der Waals surface area contributed by atoms with E-state index in [2.05, 4.69) is 0 Å². The van der Waals surface area contributed by atoms with Crippen LogP contribution in [0, 0.1) is 12.7 Å². The Morgan fingerprint density at radius 2 is 2.15 bits per heavy atom. The van der Waals surface area contributed by atoms with Crippen molar-refractivity contribution in [2.45, 2.75) is 13.3 Å². The van der Waals surface area contributed by atoms with Gasteiger partial charge < -0.3 is 0 Å². The van der Waals surface area contributed by atoms with Crippen LogP contribution in [-0.2, 0) is 0 Å². The van der Waals surface area contributed by atoms with E-state index in [1.807, 2.05) is 0 Å². The summed E-state index contributed by atoms with van der Waals surface area (Å²) in [6.45, 7) is 1.75. The summed E-state index contributed by atoms with van der Waals surface area (Å²) in [4.78, 5) is 11.3. The summed E-state index contributed by atoms with van der Waals surface area (Å²) >= 11 is 5.41. The molecule has 0 bridgehead atoms. The smallest absolute Gasteiger partial charge is 0.164 e. The minimum Gasteiger partial charge on any atom is -0.294 e. The maximum absolute atomic E-state index is 12.8. The summed E-state index contributed by atoms with van der Waals surface area (Å²) < 4.78 is 12.8. The van der Waals surface area contributed by atoms with Gasteiger partial charge in [0.25, 0.3) is 0 Å². The van der Waals surface area contributed by atoms with Crippen LogP contribution < -0.4 is 0 Å². The topological polar surface area (TPSA) is 17.1 Å². The summed E-state index contributed by atoms with van der Waals surface area (Å²) in [5, 5.41) is 0. The molecule has 0 aliphatic carbocycles. The second-order valence-corrected chi connectivity index (χ2v) is 3.26. The van der Waals surface area contributed by atoms with E-state index in [0.29, 0.717) is 5.56 Å². The van der Waals surface area contributed by atoms with E-state index in [-0.39, 0.29) is 23.9 Å². The number of Topliss-reactive ketones (excluding diaryl/α,β-unsaturated/α-hetero) is 1. The minimum atomic E-state index is -0.377. The second kappa shape index (κ2) is 4.38. The molecular weight excluding hydrogens is 191 g/mol. The largest absolute Gasteiger partial charge is 0.294 e. The van der Waals surface area contributed by atoms with Crippen LogP contribution in [0.5, 0.6) is 0 Å². The number of rotatable bonds is 3. The highest BCUT2D eigenvalue weighted by atomic mass is 35.5. The van der Waals surface area contributed by atoms with Gasteiger partial charge in [-0.2, -0.15) is 0 Å². The van der Waals surface area contributed by atoms with E-state index in [0.717, 1.165) is 5.56 Å². The molecule has 0 unspecified atom stereocenters. The molecule has 0 N–H and O–H groups in total. The van der Waals surface area contributed by atoms with Gasteiger partial charge in [-0.15, -0.1) is 11.6 Å². The number of alkyl halides is 1. The zero-order valence-electron chi connectivity index (χ0n) is 7.31. The highest BCUT2D eigenvalue weighted by Gasteiger charge is 2.06. The van der Waals surface area contributed by atoms with Crippen molar-refractivity contribution in [3.05, 3.63) is 35.1 Å². The number of hydrogen-bond donors (Lipinski definition) is 0. The van der Waals surface area contributed by atoms with Gasteiger partial charge in [-0.1, -0.05) is 0 Å². The maximum atomic E-state index is 12.8. The first-order valence-electron chi connectivity index (χ1n) is 4.00. The van der Waals surface area contributed by atoms with Crippen molar-refractivity contribution in [3.63, 3.8) is 0 Å². The SMILES string of the molecule is Cc1cc(F)cc(C(=O)CCCl)c1. The number of ketones is 1. The molecule has 1 nitrogen and oxygen atoms in total. The van der Waals surface area contributed by atoms with Gasteiger partial charge in [-0.25, -0.2) is 4.39 Å². The van der Waals surface area contributed by atoms with Gasteiger partial charge in [0.15, 0.2) is 5.78 Å². The van der Waals surface area contributed by atoms with Crippen LogP contribution in [0.3, 0.4) is 0 Å². The van der Waals surface area contributed by atoms with Crippen molar-refractivity contribution < 1.29 is 9.18 Å². The Bertz CT molecular complexity index is 302. The number of carbonyl (C=O) groups excluding carboxylic acids is 1. The van der Waals surface area contributed by atoms with E-state index < -0.39 is 0 Å². The van der Waals surface area contributed by atoms with Gasteiger partial charge in [0.1, 0.15) is 5.82 Å². The van der Waals surface area contributed by atoms with Gasteiger partial charge in [0, 0.05) is 17.9 Å². The Kier molecular flexibility index (Phi) is 3.43. The van der Waals surface area contributed by atoms with Crippen LogP contribution in [0.4, 0.5) is 4.39 Å². The van der Waals surface area contributed by atoms with Crippen molar-refractivity contribution in [1.82, 2.24) is 0 Å². The summed E-state index contributed by atoms with van der Waals surface area (Å²) in [6.07, 6.45) is 0.254. The Morgan fingerprint density at radius 1 is 1.46 bits per heavy atom. The summed E-state index contributed by atoms with van der Waals surface area (Å²) in [7, 11) is 0. The lowest BCUT2D eigenvalue weighted by molar-refractivity contribution is 0.0988. The zero-order valence-corrected chi connectivity index (χ0v) is 8.07. The number of hydrogen-bond acceptors (Lipinski definition) is 1. The molecule has 3 heteroatoms. The molecule has 0 fully saturated rings. The molecule has 0 aromatic heterocycles. The van der Waals surface area contributed by atoms with E-state index in [1.54, 1.807) is 13.0 Å². The fraction of sp³-hybridized carbons (Fsp3) is 0.300. The zero-order chi connectivity index (χ0) is 9.84. The molecule has 0 atom stereocenters. The summed E-state index contributed by atoms with van der Waals surface area (Å²) in [6, 6.07) is 4.29. The molecule has 0 radical (unpaired) electrons. The van der Waals surface area contributed by atoms with Gasteiger partial charge in [-0.05, 0) is 30.7 Å². The quantitative estimate of drug-likeness (QED) is 0.542. The van der Waals surface area contributed by atoms with E-state index in [9.17, 15) is 9.18 Å². The van der Waals surface area contributed by atoms with E-state index in [1.165, 1.54) is 12.1 Å². The molecule has 70 valence electrons. The van der Waals surface area contributed by atoms with E-state index >= 15 is 0 Å². The van der Waals surface area contributed by atoms with Crippen LogP contribution in [0.2, 0.25) is 0 Å². The molecule has 1 aromatic carbocycles. The lowest BCUT2D eigenvalue weighted by Crippen LogP contribution is -2.00. The molecule has 1 aromatic rings. The van der Waals surface area contributed by atoms with Crippen LogP contribution in [0.15, 0.2) is 18.2 Å². The summed E-state index contributed by atoms with van der Waals surface area (Å²) in [5.41, 5.74) is 1.15. The normalized spacial score (nSPS) is 10.1. The first-order valence-corrected chi connectivity index (χ1v) is 4.53. The standard InChI is InChI=1S/C10H10ClFO/c1-7-4-8(6-9(12)5-7)10(13)2-3-11/h4-6H,2-3H2,1H3. The average Bonchev–Trinajstić information content (AvgIpc) is 2.03. The van der Waals surface area contributed by atoms with Crippen LogP contribution in [-0.4, -0.2) is 11.7 Å². The van der Waals surface area contributed by atoms with Crippen molar-refractivity contribution >= 4 is 17.4 Å². The highest BCUT2D eigenvalue weighted by Crippen LogP contribution is 2.10. The van der Waals surface area contributed by atoms with Crippen molar-refractivity contribution in [3.8, 4) is 0 Å². The Hall–Kier alpha value is -0.890. The van der Waals surface area contributed by atoms with E-state index in [4.69, 9.17) is 11.6 Å². The Morgan fingerprint density at radius 3 is 2.69 bits per heavy atom. The monoisotopic (exact) mass is 200 g/mol. The van der Waals surface area contributed by atoms with Crippen LogP contribution >= 0.6 is 11.6 Å². The predicted octanol–water partition coefficient (Wildman–Crippen LogP) is 2.95. The molecule has 0 spiro atoms. The van der Waals surface area contributed by atoms with Gasteiger partial charge >= 0.3 is 0 Å². The molecule has 1 rings (SSSR count). The van der Waals surface area contributed by atoms with Crippen molar-refractivity contribution in [2.75, 3.05) is 5.88 Å². The highest BCUT2D eigenvalue weighted by molar-refractivity contribution is 6.19. The van der Waals surface area contributed by atoms with Gasteiger partial charge in [0.05, 0.1) is 0 Å². The lowest BCUT2D eigenvalue weighted by atomic mass is 10.1. The fourth-order valence-electron chi connectivity index (χ4n) is 1.13. The second-order valence-electron chi connectivity index (χ2n) is 2.88. The molecule has 0 aliphatic heterocycles. The summed E-state index contributed by atoms with van der Waals surface area (Å²) in [5.74, 6) is -0.218. The Balaban J connectivity index is 2.94. The first kappa shape index (κ1) is 10.2. The number of benzene rings is 1. The molecule has 0 saturated heterocycles. The molecular formula is C10H10ClFO. The van der Waals surface area contributed by atoms with Crippen molar-refractivity contribution in [2.24, 2.45) is 0 Å². The number of halogens is 2. The predicted molar refractivity (Wildman–Crippen MR) is 50.8 cm³/mol. The molecule has 13 heavy (non-hydrogen) atoms. The third-order valence-corrected chi connectivity index (χ3v) is 1.87. The maximum Gasteiger partial charge on any atom is 0.164 e. The average molecular weight is 201 g/mol. The molecule has 0 heterocycles. The Labute approximate surface area is 81.5 Å². The van der Waals surface area contributed by atoms with Crippen LogP contribution in [0.25, 0.3) is 0 Å². The first-order chi connectivity index (χ1) is 6.13. The van der Waals surface area contributed by atoms with Crippen molar-refractivity contribution in [1.29, 1.82) is 0 Å². The lowest BCUT2D eigenvalue weighted by Gasteiger charge is -2.00. The molecule has 0 saturated carbocycles. The third-order valence-electron chi connectivity index (χ3n) is 1.69. The van der Waals surface area contributed by atoms with Gasteiger partial charge in [-0.3, -0.25) is 4.79 Å². The minimum absolute atomic E-state index is 0.113. The molecule has 0 aliphatic rings. The third kappa shape index (κ3) is 2.81. The fourth-order valence-corrected chi connectivity index (χ4v) is 1.30.